The number of aromatic nitrogens is 2. The SMILES string of the molecule is CCc1ccccc1C(=O)OC[C@@H]1CC[C@H](n2cc(F)c(N)nc2=O)O1. The highest BCUT2D eigenvalue weighted by molar-refractivity contribution is 5.91. The monoisotopic (exact) mass is 361 g/mol. The molecule has 0 aliphatic carbocycles. The van der Waals surface area contributed by atoms with E-state index in [1.165, 1.54) is 0 Å². The number of benzene rings is 1. The first kappa shape index (κ1) is 18.1. The number of aryl methyl sites for hydroxylation is 1. The molecular weight excluding hydrogens is 341 g/mol. The van der Waals surface area contributed by atoms with Crippen molar-refractivity contribution in [2.24, 2.45) is 0 Å². The highest BCUT2D eigenvalue weighted by atomic mass is 19.1. The topological polar surface area (TPSA) is 96.4 Å². The maximum absolute atomic E-state index is 13.6. The van der Waals surface area contributed by atoms with Gasteiger partial charge < -0.3 is 15.2 Å². The van der Waals surface area contributed by atoms with Crippen LogP contribution in [0.5, 0.6) is 0 Å². The first-order chi connectivity index (χ1) is 12.5. The van der Waals surface area contributed by atoms with Crippen LogP contribution in [0.2, 0.25) is 0 Å². The third-order valence-corrected chi connectivity index (χ3v) is 4.35. The fraction of sp³-hybridized carbons (Fsp3) is 0.389. The van der Waals surface area contributed by atoms with Crippen molar-refractivity contribution < 1.29 is 18.7 Å². The minimum atomic E-state index is -0.778. The average Bonchev–Trinajstić information content (AvgIpc) is 3.11. The molecule has 3 rings (SSSR count). The summed E-state index contributed by atoms with van der Waals surface area (Å²) in [5.41, 5.74) is 6.05. The zero-order valence-corrected chi connectivity index (χ0v) is 14.4. The molecule has 2 heterocycles. The van der Waals surface area contributed by atoms with E-state index in [2.05, 4.69) is 4.98 Å². The molecule has 8 heteroatoms. The summed E-state index contributed by atoms with van der Waals surface area (Å²) >= 11 is 0. The van der Waals surface area contributed by atoms with Gasteiger partial charge in [-0.1, -0.05) is 25.1 Å². The molecule has 0 saturated carbocycles. The molecule has 1 fully saturated rings. The molecule has 26 heavy (non-hydrogen) atoms. The largest absolute Gasteiger partial charge is 0.459 e. The number of anilines is 1. The Balaban J connectivity index is 1.61. The van der Waals surface area contributed by atoms with Crippen molar-refractivity contribution in [1.29, 1.82) is 0 Å². The second kappa shape index (κ2) is 7.65. The Morgan fingerprint density at radius 2 is 2.19 bits per heavy atom. The number of nitrogen functional groups attached to an aromatic ring is 1. The molecule has 2 aromatic rings. The van der Waals surface area contributed by atoms with Gasteiger partial charge in [-0.2, -0.15) is 4.98 Å². The van der Waals surface area contributed by atoms with Gasteiger partial charge in [-0.25, -0.2) is 14.0 Å². The van der Waals surface area contributed by atoms with Crippen molar-refractivity contribution in [2.75, 3.05) is 12.3 Å². The number of hydrogen-bond acceptors (Lipinski definition) is 6. The first-order valence-electron chi connectivity index (χ1n) is 8.44. The van der Waals surface area contributed by atoms with Gasteiger partial charge in [0.2, 0.25) is 0 Å². The van der Waals surface area contributed by atoms with Gasteiger partial charge in [0.25, 0.3) is 0 Å². The molecule has 1 aromatic carbocycles. The van der Waals surface area contributed by atoms with Gasteiger partial charge in [-0.3, -0.25) is 4.57 Å². The average molecular weight is 361 g/mol. The Morgan fingerprint density at radius 3 is 2.96 bits per heavy atom. The minimum Gasteiger partial charge on any atom is -0.459 e. The zero-order chi connectivity index (χ0) is 18.7. The van der Waals surface area contributed by atoms with Crippen LogP contribution in [0.25, 0.3) is 0 Å². The second-order valence-corrected chi connectivity index (χ2v) is 6.06. The lowest BCUT2D eigenvalue weighted by atomic mass is 10.1. The van der Waals surface area contributed by atoms with Crippen molar-refractivity contribution in [3.63, 3.8) is 0 Å². The number of nitrogens with zero attached hydrogens (tertiary/aromatic N) is 2. The summed E-state index contributed by atoms with van der Waals surface area (Å²) in [7, 11) is 0. The van der Waals surface area contributed by atoms with Crippen LogP contribution < -0.4 is 11.4 Å². The van der Waals surface area contributed by atoms with Crippen LogP contribution in [0.4, 0.5) is 10.2 Å². The summed E-state index contributed by atoms with van der Waals surface area (Å²) in [5.74, 6) is -1.63. The molecule has 0 radical (unpaired) electrons. The van der Waals surface area contributed by atoms with Crippen LogP contribution in [-0.4, -0.2) is 28.2 Å². The van der Waals surface area contributed by atoms with Gasteiger partial charge >= 0.3 is 11.7 Å². The lowest BCUT2D eigenvalue weighted by Crippen LogP contribution is -2.29. The maximum atomic E-state index is 13.6. The molecule has 1 aliphatic rings. The molecule has 1 saturated heterocycles. The Bertz CT molecular complexity index is 868. The van der Waals surface area contributed by atoms with E-state index in [0.29, 0.717) is 18.4 Å². The predicted molar refractivity (Wildman–Crippen MR) is 92.1 cm³/mol. The third kappa shape index (κ3) is 3.75. The summed E-state index contributed by atoms with van der Waals surface area (Å²) in [6.07, 6.45) is 1.75. The van der Waals surface area contributed by atoms with Crippen LogP contribution in [0, 0.1) is 5.82 Å². The van der Waals surface area contributed by atoms with Gasteiger partial charge in [0.15, 0.2) is 11.6 Å². The molecule has 0 bridgehead atoms. The van der Waals surface area contributed by atoms with E-state index in [-0.39, 0.29) is 12.7 Å². The molecule has 0 amide bonds. The number of ether oxygens (including phenoxy) is 2. The number of rotatable bonds is 5. The highest BCUT2D eigenvalue weighted by Crippen LogP contribution is 2.27. The van der Waals surface area contributed by atoms with Gasteiger partial charge in [-0.05, 0) is 30.9 Å². The summed E-state index contributed by atoms with van der Waals surface area (Å²) < 4.78 is 25.7. The van der Waals surface area contributed by atoms with Crippen LogP contribution in [0.15, 0.2) is 35.3 Å². The van der Waals surface area contributed by atoms with Gasteiger partial charge in [0.1, 0.15) is 12.8 Å². The van der Waals surface area contributed by atoms with E-state index < -0.39 is 29.5 Å². The van der Waals surface area contributed by atoms with Crippen LogP contribution in [-0.2, 0) is 15.9 Å². The Kier molecular flexibility index (Phi) is 5.32. The van der Waals surface area contributed by atoms with Crippen molar-refractivity contribution in [3.8, 4) is 0 Å². The normalized spacial score (nSPS) is 19.5. The number of hydrogen-bond donors (Lipinski definition) is 1. The molecule has 0 spiro atoms. The number of esters is 1. The minimum absolute atomic E-state index is 0.0625. The lowest BCUT2D eigenvalue weighted by Gasteiger charge is -2.16. The fourth-order valence-corrected chi connectivity index (χ4v) is 2.95. The van der Waals surface area contributed by atoms with Gasteiger partial charge in [-0.15, -0.1) is 0 Å². The van der Waals surface area contributed by atoms with E-state index in [9.17, 15) is 14.0 Å². The van der Waals surface area contributed by atoms with Crippen molar-refractivity contribution >= 4 is 11.8 Å². The molecule has 2 atom stereocenters. The molecule has 1 aliphatic heterocycles. The Labute approximate surface area is 149 Å². The maximum Gasteiger partial charge on any atom is 0.351 e. The summed E-state index contributed by atoms with van der Waals surface area (Å²) in [5, 5.41) is 0. The van der Waals surface area contributed by atoms with Gasteiger partial charge in [0.05, 0.1) is 17.9 Å². The quantitative estimate of drug-likeness (QED) is 0.819. The predicted octanol–water partition coefficient (Wildman–Crippen LogP) is 2.06. The van der Waals surface area contributed by atoms with E-state index >= 15 is 0 Å². The molecule has 0 unspecified atom stereocenters. The summed E-state index contributed by atoms with van der Waals surface area (Å²) in [4.78, 5) is 27.5. The van der Waals surface area contributed by atoms with Gasteiger partial charge in [0, 0.05) is 0 Å². The number of nitrogens with two attached hydrogens (primary N) is 1. The van der Waals surface area contributed by atoms with Crippen LogP contribution >= 0.6 is 0 Å². The second-order valence-electron chi connectivity index (χ2n) is 6.06. The summed E-state index contributed by atoms with van der Waals surface area (Å²) in [6, 6.07) is 7.26. The number of carbonyl (C=O) groups excluding carboxylic acids is 1. The standard InChI is InChI=1S/C18H20FN3O4/c1-2-11-5-3-4-6-13(11)17(23)25-10-12-7-8-15(26-12)22-9-14(19)16(20)21-18(22)24/h3-6,9,12,15H,2,7-8,10H2,1H3,(H2,20,21,24)/t12-,15+/m0/s1. The number of carbonyl (C=O) groups is 1. The molecular formula is C18H20FN3O4. The third-order valence-electron chi connectivity index (χ3n) is 4.35. The lowest BCUT2D eigenvalue weighted by molar-refractivity contribution is -0.0342. The van der Waals surface area contributed by atoms with Crippen molar-refractivity contribution in [3.05, 3.63) is 57.9 Å². The van der Waals surface area contributed by atoms with Crippen LogP contribution in [0.1, 0.15) is 41.9 Å². The van der Waals surface area contributed by atoms with E-state index in [0.717, 1.165) is 22.7 Å². The van der Waals surface area contributed by atoms with Crippen LogP contribution in [0.3, 0.4) is 0 Å². The van der Waals surface area contributed by atoms with Crippen molar-refractivity contribution in [2.45, 2.75) is 38.5 Å². The highest BCUT2D eigenvalue weighted by Gasteiger charge is 2.29. The van der Waals surface area contributed by atoms with E-state index in [1.807, 2.05) is 19.1 Å². The molecule has 7 nitrogen and oxygen atoms in total. The zero-order valence-electron chi connectivity index (χ0n) is 14.4. The molecule has 2 N–H and O–H groups in total. The summed E-state index contributed by atoms with van der Waals surface area (Å²) in [6.45, 7) is 2.03. The smallest absolute Gasteiger partial charge is 0.351 e. The molecule has 1 aromatic heterocycles. The Morgan fingerprint density at radius 1 is 1.42 bits per heavy atom. The number of halogens is 1. The first-order valence-corrected chi connectivity index (χ1v) is 8.44. The fourth-order valence-electron chi connectivity index (χ4n) is 2.95. The van der Waals surface area contributed by atoms with Crippen molar-refractivity contribution in [1.82, 2.24) is 9.55 Å². The Hall–Kier alpha value is -2.74. The molecule has 138 valence electrons. The van der Waals surface area contributed by atoms with E-state index in [1.54, 1.807) is 12.1 Å². The van der Waals surface area contributed by atoms with E-state index in [4.69, 9.17) is 15.2 Å².